The first-order valence-electron chi connectivity index (χ1n) is 9.62. The van der Waals surface area contributed by atoms with Gasteiger partial charge in [0.15, 0.2) is 0 Å². The van der Waals surface area contributed by atoms with Gasteiger partial charge in [-0.05, 0) is 55.2 Å². The van der Waals surface area contributed by atoms with Crippen molar-refractivity contribution < 1.29 is 4.74 Å². The summed E-state index contributed by atoms with van der Waals surface area (Å²) in [5.74, 6) is 0.806. The van der Waals surface area contributed by atoms with E-state index in [1.807, 2.05) is 24.4 Å². The summed E-state index contributed by atoms with van der Waals surface area (Å²) in [5, 5.41) is 7.71. The van der Waals surface area contributed by atoms with Gasteiger partial charge in [-0.1, -0.05) is 12.5 Å². The number of nitrogens with zero attached hydrogens (tertiary/aromatic N) is 3. The quantitative estimate of drug-likeness (QED) is 0.930. The van der Waals surface area contributed by atoms with Gasteiger partial charge in [-0.25, -0.2) is 0 Å². The molecule has 2 aliphatic heterocycles. The normalized spacial score (nSPS) is 26.3. The predicted octanol–water partition coefficient (Wildman–Crippen LogP) is 3.25. The van der Waals surface area contributed by atoms with Crippen molar-refractivity contribution in [1.29, 1.82) is 0 Å². The average molecular weight is 338 g/mol. The molecule has 2 aromatic rings. The van der Waals surface area contributed by atoms with Gasteiger partial charge in [0.05, 0.1) is 5.69 Å². The third-order valence-electron chi connectivity index (χ3n) is 6.53. The third-order valence-corrected chi connectivity index (χ3v) is 6.53. The number of aromatic amines is 1. The van der Waals surface area contributed by atoms with Crippen LogP contribution >= 0.6 is 0 Å². The van der Waals surface area contributed by atoms with Crippen LogP contribution < -0.4 is 0 Å². The monoisotopic (exact) mass is 338 g/mol. The standard InChI is InChI=1S/C20H26N4O/c1-2-9-21-17(4-1)18-12-16(22-23-18)13-24-14-20(7-3-8-20)19(24)15-5-10-25-11-6-15/h1-2,4,9,12,15,19H,3,5-8,10-11,13-14H2,(H,22,23). The molecule has 0 bridgehead atoms. The highest BCUT2D eigenvalue weighted by Crippen LogP contribution is 2.56. The molecule has 1 saturated carbocycles. The highest BCUT2D eigenvalue weighted by atomic mass is 16.5. The maximum absolute atomic E-state index is 5.60. The van der Waals surface area contributed by atoms with Gasteiger partial charge in [0.1, 0.15) is 5.69 Å². The van der Waals surface area contributed by atoms with Crippen molar-refractivity contribution in [3.8, 4) is 11.4 Å². The summed E-state index contributed by atoms with van der Waals surface area (Å²) in [6, 6.07) is 8.86. The zero-order valence-corrected chi connectivity index (χ0v) is 14.7. The molecule has 4 heterocycles. The molecule has 132 valence electrons. The van der Waals surface area contributed by atoms with Crippen molar-refractivity contribution in [1.82, 2.24) is 20.1 Å². The first kappa shape index (κ1) is 15.5. The van der Waals surface area contributed by atoms with E-state index in [1.54, 1.807) is 0 Å². The second kappa shape index (κ2) is 6.22. The zero-order valence-electron chi connectivity index (χ0n) is 14.7. The van der Waals surface area contributed by atoms with Gasteiger partial charge >= 0.3 is 0 Å². The Kier molecular flexibility index (Phi) is 3.86. The van der Waals surface area contributed by atoms with Gasteiger partial charge in [-0.15, -0.1) is 0 Å². The van der Waals surface area contributed by atoms with Crippen LogP contribution in [0.4, 0.5) is 0 Å². The van der Waals surface area contributed by atoms with Crippen LogP contribution in [0, 0.1) is 11.3 Å². The highest BCUT2D eigenvalue weighted by molar-refractivity contribution is 5.53. The zero-order chi connectivity index (χ0) is 16.7. The molecule has 0 radical (unpaired) electrons. The van der Waals surface area contributed by atoms with Crippen molar-refractivity contribution in [2.75, 3.05) is 19.8 Å². The Hall–Kier alpha value is -1.72. The lowest BCUT2D eigenvalue weighted by Gasteiger charge is -2.65. The molecule has 0 amide bonds. The van der Waals surface area contributed by atoms with E-state index < -0.39 is 0 Å². The van der Waals surface area contributed by atoms with Crippen LogP contribution in [0.25, 0.3) is 11.4 Å². The number of aromatic nitrogens is 3. The molecule has 1 atom stereocenters. The molecule has 5 heteroatoms. The summed E-state index contributed by atoms with van der Waals surface area (Å²) >= 11 is 0. The molecule has 5 rings (SSSR count). The average Bonchev–Trinajstić information content (AvgIpc) is 3.07. The second-order valence-electron chi connectivity index (χ2n) is 8.01. The fraction of sp³-hybridized carbons (Fsp3) is 0.600. The fourth-order valence-electron chi connectivity index (χ4n) is 5.25. The third kappa shape index (κ3) is 2.70. The van der Waals surface area contributed by atoms with E-state index in [9.17, 15) is 0 Å². The summed E-state index contributed by atoms with van der Waals surface area (Å²) in [5.41, 5.74) is 3.69. The number of pyridine rings is 1. The van der Waals surface area contributed by atoms with E-state index in [-0.39, 0.29) is 0 Å². The Balaban J connectivity index is 1.31. The van der Waals surface area contributed by atoms with Gasteiger partial charge < -0.3 is 4.74 Å². The van der Waals surface area contributed by atoms with Gasteiger partial charge in [0.25, 0.3) is 0 Å². The lowest BCUT2D eigenvalue weighted by molar-refractivity contribution is -0.167. The lowest BCUT2D eigenvalue weighted by atomic mass is 9.54. The van der Waals surface area contributed by atoms with Gasteiger partial charge in [-0.3, -0.25) is 15.0 Å². The van der Waals surface area contributed by atoms with Crippen LogP contribution in [0.5, 0.6) is 0 Å². The SMILES string of the molecule is c1ccc(-c2cc(CN3CC4(CCC4)C3C3CCOCC3)[nH]n2)nc1. The van der Waals surface area contributed by atoms with Crippen LogP contribution in [-0.4, -0.2) is 45.9 Å². The molecule has 2 saturated heterocycles. The molecule has 1 unspecified atom stereocenters. The van der Waals surface area contributed by atoms with Crippen molar-refractivity contribution in [3.05, 3.63) is 36.2 Å². The Bertz CT molecular complexity index is 718. The minimum atomic E-state index is 0.617. The van der Waals surface area contributed by atoms with E-state index >= 15 is 0 Å². The van der Waals surface area contributed by atoms with Crippen LogP contribution in [-0.2, 0) is 11.3 Å². The Labute approximate surface area is 148 Å². The summed E-state index contributed by atoms with van der Waals surface area (Å²) < 4.78 is 5.60. The molecule has 25 heavy (non-hydrogen) atoms. The van der Waals surface area contributed by atoms with Gasteiger partial charge in [0.2, 0.25) is 0 Å². The van der Waals surface area contributed by atoms with Gasteiger partial charge in [0, 0.05) is 44.2 Å². The van der Waals surface area contributed by atoms with Crippen molar-refractivity contribution >= 4 is 0 Å². The van der Waals surface area contributed by atoms with E-state index in [2.05, 4.69) is 26.1 Å². The smallest absolute Gasteiger partial charge is 0.111 e. The maximum atomic E-state index is 5.60. The minimum absolute atomic E-state index is 0.617. The number of hydrogen-bond donors (Lipinski definition) is 1. The summed E-state index contributed by atoms with van der Waals surface area (Å²) in [6.07, 6.45) is 8.54. The molecule has 2 aromatic heterocycles. The highest BCUT2D eigenvalue weighted by Gasteiger charge is 2.57. The summed E-state index contributed by atoms with van der Waals surface area (Å²) in [7, 11) is 0. The summed E-state index contributed by atoms with van der Waals surface area (Å²) in [4.78, 5) is 7.08. The number of hydrogen-bond acceptors (Lipinski definition) is 4. The lowest BCUT2D eigenvalue weighted by Crippen LogP contribution is -2.69. The first-order chi connectivity index (χ1) is 12.3. The molecular formula is C20H26N4O. The molecule has 0 aromatic carbocycles. The van der Waals surface area contributed by atoms with E-state index in [1.165, 1.54) is 44.3 Å². The Morgan fingerprint density at radius 1 is 1.20 bits per heavy atom. The number of rotatable bonds is 4. The maximum Gasteiger partial charge on any atom is 0.111 e. The number of ether oxygens (including phenoxy) is 1. The van der Waals surface area contributed by atoms with Crippen LogP contribution in [0.2, 0.25) is 0 Å². The second-order valence-corrected chi connectivity index (χ2v) is 8.01. The van der Waals surface area contributed by atoms with Crippen molar-refractivity contribution in [3.63, 3.8) is 0 Å². The van der Waals surface area contributed by atoms with Gasteiger partial charge in [-0.2, -0.15) is 5.10 Å². The largest absolute Gasteiger partial charge is 0.381 e. The van der Waals surface area contributed by atoms with Crippen LogP contribution in [0.1, 0.15) is 37.8 Å². The van der Waals surface area contributed by atoms with Crippen LogP contribution in [0.15, 0.2) is 30.5 Å². The molecule has 1 spiro atoms. The topological polar surface area (TPSA) is 54.0 Å². The molecule has 3 aliphatic rings. The van der Waals surface area contributed by atoms with E-state index in [4.69, 9.17) is 4.74 Å². The molecule has 1 aliphatic carbocycles. The number of H-pyrrole nitrogens is 1. The predicted molar refractivity (Wildman–Crippen MR) is 95.8 cm³/mol. The van der Waals surface area contributed by atoms with E-state index in [0.717, 1.165) is 43.1 Å². The number of likely N-dealkylation sites (tertiary alicyclic amines) is 1. The van der Waals surface area contributed by atoms with Crippen LogP contribution in [0.3, 0.4) is 0 Å². The molecule has 3 fully saturated rings. The van der Waals surface area contributed by atoms with Crippen molar-refractivity contribution in [2.24, 2.45) is 11.3 Å². The number of nitrogens with one attached hydrogen (secondary N) is 1. The molecule has 5 nitrogen and oxygen atoms in total. The summed E-state index contributed by atoms with van der Waals surface area (Å²) in [6.45, 7) is 4.12. The molecular weight excluding hydrogens is 312 g/mol. The Morgan fingerprint density at radius 2 is 2.08 bits per heavy atom. The minimum Gasteiger partial charge on any atom is -0.381 e. The molecule has 1 N–H and O–H groups in total. The van der Waals surface area contributed by atoms with E-state index in [0.29, 0.717) is 5.41 Å². The Morgan fingerprint density at radius 3 is 2.80 bits per heavy atom. The van der Waals surface area contributed by atoms with Crippen molar-refractivity contribution in [2.45, 2.75) is 44.7 Å². The first-order valence-corrected chi connectivity index (χ1v) is 9.62. The fourth-order valence-corrected chi connectivity index (χ4v) is 5.25.